The van der Waals surface area contributed by atoms with Gasteiger partial charge in [0.1, 0.15) is 0 Å². The number of rotatable bonds is 3. The zero-order chi connectivity index (χ0) is 19.3. The molecule has 0 unspecified atom stereocenters. The van der Waals surface area contributed by atoms with Crippen LogP contribution >= 0.6 is 0 Å². The van der Waals surface area contributed by atoms with E-state index in [1.807, 2.05) is 25.1 Å². The van der Waals surface area contributed by atoms with Crippen LogP contribution in [-0.4, -0.2) is 35.9 Å². The molecule has 3 rings (SSSR count). The lowest BCUT2D eigenvalue weighted by atomic mass is 10.2. The van der Waals surface area contributed by atoms with Crippen molar-refractivity contribution in [3.8, 4) is 0 Å². The molecule has 5 nitrogen and oxygen atoms in total. The number of nitrogens with zero attached hydrogens (tertiary/aromatic N) is 2. The number of pyridine rings is 1. The summed E-state index contributed by atoms with van der Waals surface area (Å²) >= 11 is 0. The second-order valence-electron chi connectivity index (χ2n) is 5.58. The minimum absolute atomic E-state index is 0.0666. The van der Waals surface area contributed by atoms with Gasteiger partial charge >= 0.3 is 0 Å². The Morgan fingerprint density at radius 1 is 1.08 bits per heavy atom. The molecule has 1 aliphatic heterocycles. The molecule has 0 atom stereocenters. The first-order valence-electron chi connectivity index (χ1n) is 8.40. The van der Waals surface area contributed by atoms with Gasteiger partial charge in [-0.15, -0.1) is 0 Å². The molecule has 0 saturated heterocycles. The average Bonchev–Trinajstić information content (AvgIpc) is 2.65. The van der Waals surface area contributed by atoms with Gasteiger partial charge in [0, 0.05) is 25.5 Å². The van der Waals surface area contributed by atoms with Crippen molar-refractivity contribution >= 4 is 10.1 Å². The Hall–Kier alpha value is -2.44. The second kappa shape index (κ2) is 12.0. The van der Waals surface area contributed by atoms with E-state index < -0.39 is 10.1 Å². The maximum Gasteiger partial charge on any atom is 0.294 e. The summed E-state index contributed by atoms with van der Waals surface area (Å²) in [5, 5.41) is 0. The predicted molar refractivity (Wildman–Crippen MR) is 105 cm³/mol. The number of benzene rings is 1. The van der Waals surface area contributed by atoms with Crippen molar-refractivity contribution in [1.82, 2.24) is 9.88 Å². The van der Waals surface area contributed by atoms with Gasteiger partial charge in [-0.25, -0.2) is 0 Å². The predicted octanol–water partition coefficient (Wildman–Crippen LogP) is 4.11. The molecule has 26 heavy (non-hydrogen) atoms. The van der Waals surface area contributed by atoms with Crippen molar-refractivity contribution in [1.29, 1.82) is 0 Å². The molecular formula is C20H26N2O3S. The van der Waals surface area contributed by atoms with Crippen molar-refractivity contribution in [2.45, 2.75) is 25.2 Å². The van der Waals surface area contributed by atoms with E-state index in [0.29, 0.717) is 0 Å². The van der Waals surface area contributed by atoms with Crippen LogP contribution in [0.25, 0.3) is 0 Å². The van der Waals surface area contributed by atoms with Gasteiger partial charge in [-0.3, -0.25) is 9.54 Å². The van der Waals surface area contributed by atoms with E-state index in [-0.39, 0.29) is 4.90 Å². The van der Waals surface area contributed by atoms with E-state index in [2.05, 4.69) is 41.2 Å². The Balaban J connectivity index is 0.000000203. The number of aryl methyl sites for hydroxylation is 1. The summed E-state index contributed by atoms with van der Waals surface area (Å²) in [7, 11) is -4.02. The quantitative estimate of drug-likeness (QED) is 0.819. The summed E-state index contributed by atoms with van der Waals surface area (Å²) in [6, 6.07) is 11.7. The molecule has 1 aromatic carbocycles. The lowest BCUT2D eigenvalue weighted by molar-refractivity contribution is 0.411. The summed E-state index contributed by atoms with van der Waals surface area (Å²) < 4.78 is 29.6. The van der Waals surface area contributed by atoms with Crippen LogP contribution in [0.2, 0.25) is 0 Å². The molecule has 0 fully saturated rings. The lowest BCUT2D eigenvalue weighted by Crippen LogP contribution is -2.19. The Morgan fingerprint density at radius 2 is 1.73 bits per heavy atom. The maximum absolute atomic E-state index is 10.5. The second-order valence-corrected chi connectivity index (χ2v) is 7.00. The molecule has 0 saturated carbocycles. The Bertz CT molecular complexity index is 744. The molecule has 1 aliphatic rings. The first kappa shape index (κ1) is 21.6. The van der Waals surface area contributed by atoms with Crippen LogP contribution in [0, 0.1) is 6.92 Å². The lowest BCUT2D eigenvalue weighted by Gasteiger charge is -2.18. The Morgan fingerprint density at radius 3 is 2.12 bits per heavy atom. The summed E-state index contributed by atoms with van der Waals surface area (Å²) in [4.78, 5) is 6.02. The Labute approximate surface area is 156 Å². The van der Waals surface area contributed by atoms with Crippen LogP contribution in [0.1, 0.15) is 18.9 Å². The van der Waals surface area contributed by atoms with Gasteiger partial charge in [0.05, 0.1) is 4.90 Å². The monoisotopic (exact) mass is 374 g/mol. The third-order valence-corrected chi connectivity index (χ3v) is 4.15. The van der Waals surface area contributed by atoms with Crippen LogP contribution in [0.15, 0.2) is 84.2 Å². The molecule has 2 heterocycles. The van der Waals surface area contributed by atoms with E-state index in [1.54, 1.807) is 24.5 Å². The van der Waals surface area contributed by atoms with E-state index in [0.717, 1.165) is 12.1 Å². The first-order chi connectivity index (χ1) is 12.4. The van der Waals surface area contributed by atoms with E-state index in [4.69, 9.17) is 4.55 Å². The number of allylic oxidation sites excluding steroid dienone is 2. The van der Waals surface area contributed by atoms with Crippen LogP contribution < -0.4 is 0 Å². The van der Waals surface area contributed by atoms with Gasteiger partial charge in [0.15, 0.2) is 0 Å². The summed E-state index contributed by atoms with van der Waals surface area (Å²) in [5.41, 5.74) is 0.956. The molecule has 1 aromatic heterocycles. The summed E-state index contributed by atoms with van der Waals surface area (Å²) in [5.74, 6) is 0. The maximum atomic E-state index is 10.5. The molecular weight excluding hydrogens is 348 g/mol. The van der Waals surface area contributed by atoms with Crippen LogP contribution in [0.3, 0.4) is 0 Å². The first-order valence-corrected chi connectivity index (χ1v) is 9.84. The SMILES string of the molecule is CCCN1C=CC=CC1.Cc1ccc(S(=O)(=O)O)cc1.c1ccncc1. The fourth-order valence-corrected chi connectivity index (χ4v) is 2.46. The number of aromatic nitrogens is 1. The molecule has 2 aromatic rings. The smallest absolute Gasteiger partial charge is 0.294 e. The zero-order valence-electron chi connectivity index (χ0n) is 15.2. The molecule has 0 amide bonds. The standard InChI is InChI=1S/C8H13N.C7H8O3S.C5H5N/c1-2-6-9-7-4-3-5-8-9;1-6-2-4-7(5-3-6)11(8,9)10;1-2-4-6-5-3-1/h3-5,7H,2,6,8H2,1H3;2-5H,1H3,(H,8,9,10);1-5H. The molecule has 0 spiro atoms. The third kappa shape index (κ3) is 9.76. The van der Waals surface area contributed by atoms with Crippen molar-refractivity contribution in [3.63, 3.8) is 0 Å². The molecule has 140 valence electrons. The largest absolute Gasteiger partial charge is 0.374 e. The minimum Gasteiger partial charge on any atom is -0.374 e. The fourth-order valence-electron chi connectivity index (χ4n) is 1.98. The molecule has 0 radical (unpaired) electrons. The third-order valence-electron chi connectivity index (χ3n) is 3.28. The van der Waals surface area contributed by atoms with E-state index >= 15 is 0 Å². The van der Waals surface area contributed by atoms with Gasteiger partial charge in [-0.05, 0) is 49.9 Å². The highest BCUT2D eigenvalue weighted by atomic mass is 32.2. The minimum atomic E-state index is -4.02. The molecule has 1 N–H and O–H groups in total. The zero-order valence-corrected chi connectivity index (χ0v) is 16.0. The molecule has 0 aliphatic carbocycles. The van der Waals surface area contributed by atoms with Crippen LogP contribution in [0.4, 0.5) is 0 Å². The van der Waals surface area contributed by atoms with Crippen LogP contribution in [0.5, 0.6) is 0 Å². The van der Waals surface area contributed by atoms with Crippen molar-refractivity contribution in [2.24, 2.45) is 0 Å². The van der Waals surface area contributed by atoms with Gasteiger partial charge in [-0.1, -0.05) is 42.8 Å². The van der Waals surface area contributed by atoms with Crippen molar-refractivity contribution in [2.75, 3.05) is 13.1 Å². The number of hydrogen-bond acceptors (Lipinski definition) is 4. The topological polar surface area (TPSA) is 70.5 Å². The Kier molecular flexibility index (Phi) is 9.97. The average molecular weight is 375 g/mol. The van der Waals surface area contributed by atoms with E-state index in [9.17, 15) is 8.42 Å². The normalized spacial score (nSPS) is 12.5. The van der Waals surface area contributed by atoms with Crippen molar-refractivity contribution < 1.29 is 13.0 Å². The van der Waals surface area contributed by atoms with Gasteiger partial charge in [0.2, 0.25) is 0 Å². The highest BCUT2D eigenvalue weighted by Crippen LogP contribution is 2.08. The van der Waals surface area contributed by atoms with Gasteiger partial charge < -0.3 is 4.90 Å². The van der Waals surface area contributed by atoms with Gasteiger partial charge in [-0.2, -0.15) is 8.42 Å². The highest BCUT2D eigenvalue weighted by Gasteiger charge is 2.06. The highest BCUT2D eigenvalue weighted by molar-refractivity contribution is 7.85. The fraction of sp³-hybridized carbons (Fsp3) is 0.250. The van der Waals surface area contributed by atoms with E-state index in [1.165, 1.54) is 25.1 Å². The summed E-state index contributed by atoms with van der Waals surface area (Å²) in [6.07, 6.45) is 13.2. The molecule has 6 heteroatoms. The summed E-state index contributed by atoms with van der Waals surface area (Å²) in [6.45, 7) is 6.31. The number of hydrogen-bond donors (Lipinski definition) is 1. The van der Waals surface area contributed by atoms with Crippen molar-refractivity contribution in [3.05, 3.63) is 84.8 Å². The van der Waals surface area contributed by atoms with Gasteiger partial charge in [0.25, 0.3) is 10.1 Å². The van der Waals surface area contributed by atoms with Crippen LogP contribution in [-0.2, 0) is 10.1 Å². The molecule has 0 bridgehead atoms.